The largest absolute Gasteiger partial charge is 0.481 e. The number of carboxylic acids is 1. The first-order chi connectivity index (χ1) is 15.1. The van der Waals surface area contributed by atoms with Gasteiger partial charge in [-0.3, -0.25) is 9.59 Å². The van der Waals surface area contributed by atoms with Gasteiger partial charge in [0.05, 0.1) is 18.8 Å². The highest BCUT2D eigenvalue weighted by molar-refractivity contribution is 5.77. The van der Waals surface area contributed by atoms with E-state index >= 15 is 0 Å². The summed E-state index contributed by atoms with van der Waals surface area (Å²) in [6.07, 6.45) is 18.6. The second-order valence-electron chi connectivity index (χ2n) is 9.19. The fraction of sp³-hybridized carbons (Fsp3) is 0.840. The summed E-state index contributed by atoms with van der Waals surface area (Å²) in [5.74, 6) is 0.610. The Kier molecular flexibility index (Phi) is 12.9. The first-order valence-electron chi connectivity index (χ1n) is 12.6. The molecule has 31 heavy (non-hydrogen) atoms. The van der Waals surface area contributed by atoms with Crippen LogP contribution >= 0.6 is 0 Å². The number of amides is 1. The summed E-state index contributed by atoms with van der Waals surface area (Å²) in [5, 5.41) is 15.0. The highest BCUT2D eigenvalue weighted by atomic mass is 16.5. The molecule has 1 amide bonds. The van der Waals surface area contributed by atoms with Crippen molar-refractivity contribution in [2.24, 2.45) is 11.8 Å². The lowest BCUT2D eigenvalue weighted by atomic mass is 9.75. The molecule has 6 heteroatoms. The molecular formula is C25H44N2O4. The highest BCUT2D eigenvalue weighted by Crippen LogP contribution is 2.47. The van der Waals surface area contributed by atoms with Crippen molar-refractivity contribution < 1.29 is 19.4 Å². The number of aliphatic carboxylic acids is 1. The smallest absolute Gasteiger partial charge is 0.303 e. The number of carboxylic acid groups (broad SMARTS) is 1. The van der Waals surface area contributed by atoms with Gasteiger partial charge in [0.25, 0.3) is 0 Å². The zero-order valence-corrected chi connectivity index (χ0v) is 19.4. The van der Waals surface area contributed by atoms with E-state index in [1.807, 2.05) is 0 Å². The topological polar surface area (TPSA) is 87.7 Å². The van der Waals surface area contributed by atoms with Crippen LogP contribution in [0.25, 0.3) is 0 Å². The average Bonchev–Trinajstić information content (AvgIpc) is 3.34. The average molecular weight is 437 g/mol. The molecule has 178 valence electrons. The van der Waals surface area contributed by atoms with Crippen LogP contribution in [0.2, 0.25) is 0 Å². The van der Waals surface area contributed by atoms with E-state index in [1.165, 1.54) is 38.5 Å². The fourth-order valence-electron chi connectivity index (χ4n) is 5.01. The Labute approximate surface area is 188 Å². The molecule has 0 aromatic rings. The van der Waals surface area contributed by atoms with E-state index in [0.717, 1.165) is 45.2 Å². The van der Waals surface area contributed by atoms with E-state index < -0.39 is 5.97 Å². The van der Waals surface area contributed by atoms with Crippen molar-refractivity contribution in [1.29, 1.82) is 0 Å². The number of nitrogens with one attached hydrogen (secondary N) is 2. The number of ether oxygens (including phenoxy) is 1. The summed E-state index contributed by atoms with van der Waals surface area (Å²) >= 11 is 0. The van der Waals surface area contributed by atoms with E-state index in [2.05, 4.69) is 29.7 Å². The standard InChI is InChI=1S/C25H44N2O4/c1-2-3-4-10-17-26-19-24(28)27-18-11-9-13-21-20(22-15-16-23(21)31-22)12-7-5-6-8-14-25(29)30/h5,7,20-23,26H,2-4,6,8-19H2,1H3,(H,27,28)(H,29,30)/t20-,21+,22-,23+/m1/s1. The van der Waals surface area contributed by atoms with Gasteiger partial charge in [0.15, 0.2) is 0 Å². The van der Waals surface area contributed by atoms with Gasteiger partial charge in [-0.2, -0.15) is 0 Å². The quantitative estimate of drug-likeness (QED) is 0.218. The molecule has 2 heterocycles. The third kappa shape index (κ3) is 10.2. The molecule has 2 bridgehead atoms. The summed E-state index contributed by atoms with van der Waals surface area (Å²) in [6.45, 7) is 4.31. The van der Waals surface area contributed by atoms with Crippen LogP contribution < -0.4 is 10.6 Å². The van der Waals surface area contributed by atoms with Crippen molar-refractivity contribution >= 4 is 11.9 Å². The van der Waals surface area contributed by atoms with E-state index in [-0.39, 0.29) is 12.3 Å². The van der Waals surface area contributed by atoms with Crippen molar-refractivity contribution in [2.45, 2.75) is 103 Å². The van der Waals surface area contributed by atoms with Crippen molar-refractivity contribution in [3.63, 3.8) is 0 Å². The lowest BCUT2D eigenvalue weighted by molar-refractivity contribution is -0.137. The number of hydrogen-bond donors (Lipinski definition) is 3. The molecule has 2 saturated heterocycles. The van der Waals surface area contributed by atoms with Gasteiger partial charge in [-0.15, -0.1) is 0 Å². The molecule has 0 aromatic carbocycles. The van der Waals surface area contributed by atoms with E-state index in [0.29, 0.717) is 37.0 Å². The molecule has 2 aliphatic heterocycles. The molecule has 3 N–H and O–H groups in total. The van der Waals surface area contributed by atoms with Crippen molar-refractivity contribution in [3.05, 3.63) is 12.2 Å². The Morgan fingerprint density at radius 3 is 2.52 bits per heavy atom. The predicted octanol–water partition coefficient (Wildman–Crippen LogP) is 4.44. The van der Waals surface area contributed by atoms with Crippen molar-refractivity contribution in [3.8, 4) is 0 Å². The fourth-order valence-corrected chi connectivity index (χ4v) is 5.01. The van der Waals surface area contributed by atoms with Crippen LogP contribution in [0, 0.1) is 11.8 Å². The summed E-state index contributed by atoms with van der Waals surface area (Å²) in [7, 11) is 0. The summed E-state index contributed by atoms with van der Waals surface area (Å²) in [4.78, 5) is 22.5. The minimum Gasteiger partial charge on any atom is -0.481 e. The van der Waals surface area contributed by atoms with Gasteiger partial charge in [-0.05, 0) is 69.7 Å². The van der Waals surface area contributed by atoms with Gasteiger partial charge in [0.1, 0.15) is 0 Å². The number of allylic oxidation sites excluding steroid dienone is 2. The van der Waals surface area contributed by atoms with Crippen LogP contribution in [-0.4, -0.2) is 48.8 Å². The van der Waals surface area contributed by atoms with Gasteiger partial charge in [-0.25, -0.2) is 0 Å². The first-order valence-corrected chi connectivity index (χ1v) is 12.6. The lowest BCUT2D eigenvalue weighted by Crippen LogP contribution is -2.34. The maximum Gasteiger partial charge on any atom is 0.303 e. The molecular weight excluding hydrogens is 392 g/mol. The summed E-state index contributed by atoms with van der Waals surface area (Å²) in [6, 6.07) is 0. The SMILES string of the molecule is CCCCCCNCC(=O)NCCCC[C@H]1[C@@H](CC=CCCCC(=O)O)[C@H]2CC[C@@H]1O2. The second-order valence-corrected chi connectivity index (χ2v) is 9.19. The molecule has 0 aromatic heterocycles. The molecule has 2 rings (SSSR count). The van der Waals surface area contributed by atoms with Gasteiger partial charge < -0.3 is 20.5 Å². The molecule has 0 radical (unpaired) electrons. The number of rotatable bonds is 18. The Hall–Kier alpha value is -1.40. The Morgan fingerprint density at radius 1 is 0.968 bits per heavy atom. The normalized spacial score (nSPS) is 24.8. The zero-order valence-electron chi connectivity index (χ0n) is 19.4. The van der Waals surface area contributed by atoms with Gasteiger partial charge in [0.2, 0.25) is 5.91 Å². The molecule has 2 fully saturated rings. The van der Waals surface area contributed by atoms with Gasteiger partial charge >= 0.3 is 5.97 Å². The van der Waals surface area contributed by atoms with Crippen LogP contribution in [-0.2, 0) is 14.3 Å². The van der Waals surface area contributed by atoms with Crippen LogP contribution in [0.1, 0.15) is 90.4 Å². The monoisotopic (exact) mass is 436 g/mol. The highest BCUT2D eigenvalue weighted by Gasteiger charge is 2.47. The molecule has 6 nitrogen and oxygen atoms in total. The maximum atomic E-state index is 11.9. The molecule has 0 aliphatic carbocycles. The Morgan fingerprint density at radius 2 is 1.74 bits per heavy atom. The van der Waals surface area contributed by atoms with E-state index in [4.69, 9.17) is 9.84 Å². The number of carbonyl (C=O) groups is 2. The first kappa shape index (κ1) is 25.9. The molecule has 2 aliphatic rings. The van der Waals surface area contributed by atoms with Crippen LogP contribution in [0.15, 0.2) is 12.2 Å². The second kappa shape index (κ2) is 15.4. The molecule has 0 saturated carbocycles. The molecule has 0 unspecified atom stereocenters. The Bertz CT molecular complexity index is 552. The van der Waals surface area contributed by atoms with Gasteiger partial charge in [-0.1, -0.05) is 44.8 Å². The number of carbonyl (C=O) groups excluding carboxylic acids is 1. The third-order valence-corrected chi connectivity index (χ3v) is 6.71. The van der Waals surface area contributed by atoms with Gasteiger partial charge in [0, 0.05) is 13.0 Å². The van der Waals surface area contributed by atoms with Crippen LogP contribution in [0.3, 0.4) is 0 Å². The van der Waals surface area contributed by atoms with Crippen molar-refractivity contribution in [1.82, 2.24) is 10.6 Å². The van der Waals surface area contributed by atoms with Crippen LogP contribution in [0.5, 0.6) is 0 Å². The van der Waals surface area contributed by atoms with Crippen LogP contribution in [0.4, 0.5) is 0 Å². The lowest BCUT2D eigenvalue weighted by Gasteiger charge is -2.27. The minimum atomic E-state index is -0.718. The summed E-state index contributed by atoms with van der Waals surface area (Å²) in [5.41, 5.74) is 0. The van der Waals surface area contributed by atoms with Crippen molar-refractivity contribution in [2.75, 3.05) is 19.6 Å². The van der Waals surface area contributed by atoms with E-state index in [9.17, 15) is 9.59 Å². The molecule has 4 atom stereocenters. The number of hydrogen-bond acceptors (Lipinski definition) is 4. The number of unbranched alkanes of at least 4 members (excludes halogenated alkanes) is 5. The third-order valence-electron chi connectivity index (χ3n) is 6.71. The van der Waals surface area contributed by atoms with E-state index in [1.54, 1.807) is 0 Å². The molecule has 0 spiro atoms. The maximum absolute atomic E-state index is 11.9. The predicted molar refractivity (Wildman–Crippen MR) is 124 cm³/mol. The number of fused-ring (bicyclic) bond motifs is 2. The summed E-state index contributed by atoms with van der Waals surface area (Å²) < 4.78 is 6.19. The Balaban J connectivity index is 1.54. The minimum absolute atomic E-state index is 0.102. The zero-order chi connectivity index (χ0) is 22.3.